The minimum atomic E-state index is 0. The number of anilines is 1. The average Bonchev–Trinajstić information content (AvgIpc) is 2.74. The van der Waals surface area contributed by atoms with Gasteiger partial charge in [-0.05, 0) is 24.9 Å². The minimum Gasteiger partial charge on any atom is -0.705 e. The maximum absolute atomic E-state index is 4.85. The van der Waals surface area contributed by atoms with E-state index >= 15 is 0 Å². The van der Waals surface area contributed by atoms with Crippen LogP contribution in [0.5, 0.6) is 0 Å². The predicted molar refractivity (Wildman–Crippen MR) is 69.6 cm³/mol. The fraction of sp³-hybridized carbons (Fsp3) is 0.455. The van der Waals surface area contributed by atoms with Crippen molar-refractivity contribution in [1.29, 1.82) is 0 Å². The molecule has 1 aliphatic carbocycles. The Morgan fingerprint density at radius 3 is 2.94 bits per heavy atom. The van der Waals surface area contributed by atoms with Gasteiger partial charge in [0.2, 0.25) is 0 Å². The standard InChI is InChI=1S/C11H14N5S.Pr/c1-16(8-4-7(5-8)15-17)11-9-2-3-12-10(9)13-6-14-11;/h2-3,6-8,15H,4-5H2,1H3,(H,12,13,14);/q-1;. The first-order valence-electron chi connectivity index (χ1n) is 5.68. The molecule has 0 aliphatic heterocycles. The fourth-order valence-corrected chi connectivity index (χ4v) is 2.51. The second kappa shape index (κ2) is 6.03. The van der Waals surface area contributed by atoms with Gasteiger partial charge in [0.15, 0.2) is 0 Å². The Labute approximate surface area is 145 Å². The van der Waals surface area contributed by atoms with E-state index in [0.717, 1.165) is 29.7 Å². The van der Waals surface area contributed by atoms with Crippen LogP contribution in [0.1, 0.15) is 12.8 Å². The monoisotopic (exact) mass is 389 g/mol. The van der Waals surface area contributed by atoms with Crippen LogP contribution in [-0.4, -0.2) is 34.1 Å². The molecule has 3 rings (SSSR count). The number of nitrogens with zero attached hydrogens (tertiary/aromatic N) is 3. The smallest absolute Gasteiger partial charge is 0.142 e. The molecule has 2 N–H and O–H groups in total. The van der Waals surface area contributed by atoms with E-state index in [4.69, 9.17) is 12.8 Å². The van der Waals surface area contributed by atoms with Crippen LogP contribution in [0.4, 0.5) is 5.82 Å². The maximum atomic E-state index is 4.85. The van der Waals surface area contributed by atoms with Crippen LogP contribution in [0, 0.1) is 41.3 Å². The van der Waals surface area contributed by atoms with Crippen molar-refractivity contribution in [3.05, 3.63) is 18.6 Å². The summed E-state index contributed by atoms with van der Waals surface area (Å²) in [5.41, 5.74) is 0.888. The molecule has 0 atom stereocenters. The molecule has 1 radical (unpaired) electrons. The number of rotatable bonds is 3. The van der Waals surface area contributed by atoms with Crippen molar-refractivity contribution in [3.8, 4) is 0 Å². The molecule has 1 saturated carbocycles. The van der Waals surface area contributed by atoms with Gasteiger partial charge in [0.1, 0.15) is 17.8 Å². The molecule has 5 nitrogen and oxygen atoms in total. The van der Waals surface area contributed by atoms with Crippen molar-refractivity contribution in [2.24, 2.45) is 0 Å². The molecule has 0 amide bonds. The van der Waals surface area contributed by atoms with Crippen molar-refractivity contribution in [3.63, 3.8) is 0 Å². The average molecular weight is 389 g/mol. The minimum absolute atomic E-state index is 0. The molecular weight excluding hydrogens is 375 g/mol. The van der Waals surface area contributed by atoms with Gasteiger partial charge in [0.25, 0.3) is 0 Å². The first-order chi connectivity index (χ1) is 8.29. The molecule has 0 unspecified atom stereocenters. The summed E-state index contributed by atoms with van der Waals surface area (Å²) in [6.45, 7) is 0. The zero-order chi connectivity index (χ0) is 11.8. The Morgan fingerprint density at radius 2 is 2.22 bits per heavy atom. The van der Waals surface area contributed by atoms with Crippen LogP contribution in [0.15, 0.2) is 18.6 Å². The summed E-state index contributed by atoms with van der Waals surface area (Å²) in [6.07, 6.45) is 5.66. The fourth-order valence-electron chi connectivity index (χ4n) is 2.31. The summed E-state index contributed by atoms with van der Waals surface area (Å²) < 4.78 is 2.89. The van der Waals surface area contributed by atoms with E-state index in [1.807, 2.05) is 12.3 Å². The first kappa shape index (κ1) is 14.5. The molecule has 18 heavy (non-hydrogen) atoms. The molecule has 0 spiro atoms. The van der Waals surface area contributed by atoms with Crippen molar-refractivity contribution in [2.75, 3.05) is 11.9 Å². The van der Waals surface area contributed by atoms with E-state index < -0.39 is 0 Å². The molecule has 0 aromatic carbocycles. The van der Waals surface area contributed by atoms with Gasteiger partial charge in [-0.15, -0.1) is 0 Å². The molecule has 7 heteroatoms. The summed E-state index contributed by atoms with van der Waals surface area (Å²) >= 11 is 4.85. The molecular formula is C11H14N5PrS-. The molecule has 2 aromatic heterocycles. The van der Waals surface area contributed by atoms with Gasteiger partial charge in [-0.2, -0.15) is 0 Å². The summed E-state index contributed by atoms with van der Waals surface area (Å²) in [4.78, 5) is 13.9. The second-order valence-corrected chi connectivity index (χ2v) is 4.72. The Kier molecular flexibility index (Phi) is 4.86. The van der Waals surface area contributed by atoms with E-state index in [1.54, 1.807) is 6.33 Å². The summed E-state index contributed by atoms with van der Waals surface area (Å²) in [7, 11) is 2.08. The normalized spacial score (nSPS) is 22.3. The SMILES string of the molecule is CN(c1ncnc2[nH]ccc12)C1CC(N[S-])C1.[Pr]. The van der Waals surface area contributed by atoms with E-state index in [-0.39, 0.29) is 41.3 Å². The van der Waals surface area contributed by atoms with Crippen molar-refractivity contribution in [2.45, 2.75) is 24.9 Å². The van der Waals surface area contributed by atoms with Crippen molar-refractivity contribution < 1.29 is 41.3 Å². The van der Waals surface area contributed by atoms with Crippen LogP contribution in [-0.2, 0) is 12.8 Å². The van der Waals surface area contributed by atoms with Gasteiger partial charge in [-0.1, -0.05) is 0 Å². The quantitative estimate of drug-likeness (QED) is 0.767. The van der Waals surface area contributed by atoms with Gasteiger partial charge in [0.05, 0.1) is 5.39 Å². The Hall–Kier alpha value is 0.0936. The molecule has 0 saturated heterocycles. The largest absolute Gasteiger partial charge is 0.705 e. The van der Waals surface area contributed by atoms with Crippen LogP contribution in [0.2, 0.25) is 0 Å². The molecule has 1 aliphatic rings. The van der Waals surface area contributed by atoms with Gasteiger partial charge in [0, 0.05) is 60.6 Å². The van der Waals surface area contributed by atoms with Gasteiger partial charge in [-0.25, -0.2) is 9.97 Å². The van der Waals surface area contributed by atoms with Crippen LogP contribution in [0.3, 0.4) is 0 Å². The number of aromatic nitrogens is 3. The number of hydrogen-bond donors (Lipinski definition) is 2. The first-order valence-corrected chi connectivity index (χ1v) is 6.09. The van der Waals surface area contributed by atoms with Crippen LogP contribution < -0.4 is 9.62 Å². The Morgan fingerprint density at radius 1 is 1.44 bits per heavy atom. The second-order valence-electron chi connectivity index (χ2n) is 4.49. The Balaban J connectivity index is 0.00000120. The third-order valence-electron chi connectivity index (χ3n) is 3.49. The van der Waals surface area contributed by atoms with E-state index in [9.17, 15) is 0 Å². The third-order valence-corrected chi connectivity index (χ3v) is 3.83. The molecule has 93 valence electrons. The van der Waals surface area contributed by atoms with Crippen molar-refractivity contribution >= 4 is 29.7 Å². The number of aromatic amines is 1. The van der Waals surface area contributed by atoms with Crippen molar-refractivity contribution in [1.82, 2.24) is 19.7 Å². The van der Waals surface area contributed by atoms with Gasteiger partial charge in [-0.3, -0.25) is 0 Å². The summed E-state index contributed by atoms with van der Waals surface area (Å²) in [5.74, 6) is 0.990. The number of fused-ring (bicyclic) bond motifs is 1. The van der Waals surface area contributed by atoms with Gasteiger partial charge < -0.3 is 27.4 Å². The van der Waals surface area contributed by atoms with E-state index in [1.165, 1.54) is 0 Å². The molecule has 2 heterocycles. The summed E-state index contributed by atoms with van der Waals surface area (Å²) in [6, 6.07) is 3.01. The third kappa shape index (κ3) is 2.53. The molecule has 0 bridgehead atoms. The van der Waals surface area contributed by atoms with E-state index in [2.05, 4.69) is 31.6 Å². The zero-order valence-corrected chi connectivity index (χ0v) is 14.6. The predicted octanol–water partition coefficient (Wildman–Crippen LogP) is 0.977. The zero-order valence-electron chi connectivity index (χ0n) is 10.1. The number of nitrogens with one attached hydrogen (secondary N) is 2. The Bertz CT molecular complexity index is 525. The van der Waals surface area contributed by atoms with Crippen LogP contribution in [0.25, 0.3) is 11.0 Å². The molecule has 1 fully saturated rings. The van der Waals surface area contributed by atoms with E-state index in [0.29, 0.717) is 12.1 Å². The van der Waals surface area contributed by atoms with Gasteiger partial charge >= 0.3 is 0 Å². The topological polar surface area (TPSA) is 56.8 Å². The number of hydrogen-bond acceptors (Lipinski definition) is 5. The summed E-state index contributed by atoms with van der Waals surface area (Å²) in [5, 5.41) is 1.07. The number of H-pyrrole nitrogens is 1. The maximum Gasteiger partial charge on any atom is 0.142 e. The van der Waals surface area contributed by atoms with Crippen LogP contribution >= 0.6 is 0 Å². The molecule has 2 aromatic rings.